The van der Waals surface area contributed by atoms with Crippen LogP contribution in [0.25, 0.3) is 0 Å². The van der Waals surface area contributed by atoms with Crippen molar-refractivity contribution in [2.75, 3.05) is 0 Å². The van der Waals surface area contributed by atoms with Crippen LogP contribution in [0.15, 0.2) is 15.8 Å². The molecule has 90 valence electrons. The zero-order valence-electron chi connectivity index (χ0n) is 9.37. The summed E-state index contributed by atoms with van der Waals surface area (Å²) in [6.45, 7) is 1.87. The molecule has 0 radical (unpaired) electrons. The molecule has 0 aliphatic heterocycles. The fourth-order valence-corrected chi connectivity index (χ4v) is 1.28. The van der Waals surface area contributed by atoms with Gasteiger partial charge in [-0.1, -0.05) is 6.92 Å². The van der Waals surface area contributed by atoms with E-state index < -0.39 is 17.2 Å². The van der Waals surface area contributed by atoms with Gasteiger partial charge in [0.15, 0.2) is 0 Å². The summed E-state index contributed by atoms with van der Waals surface area (Å²) >= 11 is 0. The van der Waals surface area contributed by atoms with Crippen molar-refractivity contribution in [1.29, 1.82) is 0 Å². The van der Waals surface area contributed by atoms with E-state index >= 15 is 0 Å². The maximum Gasteiger partial charge on any atom is 0.325 e. The standard InChI is InChI=1S/C11H13N3O3/c1-3-5-7(4-2)13-9(15)8-6-12-11(17)14-10(8)16/h1,6-7H,4-5H2,2H3,(H,13,15)(H2,12,14,16,17). The normalized spacial score (nSPS) is 11.5. The molecule has 6 nitrogen and oxygen atoms in total. The van der Waals surface area contributed by atoms with Gasteiger partial charge in [-0.25, -0.2) is 4.79 Å². The first-order chi connectivity index (χ1) is 8.08. The molecule has 1 aromatic heterocycles. The van der Waals surface area contributed by atoms with Crippen molar-refractivity contribution in [3.63, 3.8) is 0 Å². The fourth-order valence-electron chi connectivity index (χ4n) is 1.28. The first kappa shape index (κ1) is 12.8. The molecule has 0 saturated heterocycles. The number of carbonyl (C=O) groups excluding carboxylic acids is 1. The Bertz CT molecular complexity index is 550. The quantitative estimate of drug-likeness (QED) is 0.619. The van der Waals surface area contributed by atoms with E-state index in [1.54, 1.807) is 0 Å². The molecule has 17 heavy (non-hydrogen) atoms. The highest BCUT2D eigenvalue weighted by molar-refractivity contribution is 5.93. The second-order valence-electron chi connectivity index (χ2n) is 3.47. The zero-order chi connectivity index (χ0) is 12.8. The third-order valence-corrected chi connectivity index (χ3v) is 2.26. The number of terminal acetylenes is 1. The molecule has 1 atom stereocenters. The SMILES string of the molecule is C#CCC(CC)NC(=O)c1c[nH]c(=O)[nH]c1=O. The van der Waals surface area contributed by atoms with Gasteiger partial charge in [-0.2, -0.15) is 0 Å². The maximum absolute atomic E-state index is 11.7. The van der Waals surface area contributed by atoms with Crippen molar-refractivity contribution in [1.82, 2.24) is 15.3 Å². The van der Waals surface area contributed by atoms with Crippen LogP contribution in [0.1, 0.15) is 30.1 Å². The molecule has 1 amide bonds. The number of aromatic nitrogens is 2. The molecule has 1 rings (SSSR count). The Morgan fingerprint density at radius 1 is 1.59 bits per heavy atom. The maximum atomic E-state index is 11.7. The lowest BCUT2D eigenvalue weighted by Gasteiger charge is -2.13. The number of aromatic amines is 2. The van der Waals surface area contributed by atoms with Gasteiger partial charge in [0.1, 0.15) is 5.56 Å². The van der Waals surface area contributed by atoms with Crippen LogP contribution >= 0.6 is 0 Å². The summed E-state index contributed by atoms with van der Waals surface area (Å²) in [5.41, 5.74) is -1.51. The number of rotatable bonds is 4. The number of nitrogens with one attached hydrogen (secondary N) is 3. The van der Waals surface area contributed by atoms with Crippen molar-refractivity contribution in [3.8, 4) is 12.3 Å². The van der Waals surface area contributed by atoms with Crippen LogP contribution in [0, 0.1) is 12.3 Å². The van der Waals surface area contributed by atoms with Crippen molar-refractivity contribution in [2.45, 2.75) is 25.8 Å². The monoisotopic (exact) mass is 235 g/mol. The lowest BCUT2D eigenvalue weighted by molar-refractivity contribution is 0.0934. The van der Waals surface area contributed by atoms with Gasteiger partial charge in [0.05, 0.1) is 0 Å². The van der Waals surface area contributed by atoms with E-state index in [1.165, 1.54) is 0 Å². The summed E-state index contributed by atoms with van der Waals surface area (Å²) in [5, 5.41) is 2.62. The molecular weight excluding hydrogens is 222 g/mol. The summed E-state index contributed by atoms with van der Waals surface area (Å²) in [6, 6.07) is -0.182. The Balaban J connectivity index is 2.87. The van der Waals surface area contributed by atoms with Crippen molar-refractivity contribution < 1.29 is 4.79 Å². The number of hydrogen-bond donors (Lipinski definition) is 3. The van der Waals surface area contributed by atoms with Crippen LogP contribution in [0.3, 0.4) is 0 Å². The van der Waals surface area contributed by atoms with E-state index in [0.717, 1.165) is 6.20 Å². The van der Waals surface area contributed by atoms with Gasteiger partial charge < -0.3 is 10.3 Å². The molecule has 0 spiro atoms. The molecule has 0 saturated carbocycles. The van der Waals surface area contributed by atoms with Crippen LogP contribution in [-0.2, 0) is 0 Å². The van der Waals surface area contributed by atoms with E-state index in [4.69, 9.17) is 6.42 Å². The van der Waals surface area contributed by atoms with E-state index in [-0.39, 0.29) is 11.6 Å². The number of amides is 1. The van der Waals surface area contributed by atoms with Gasteiger partial charge in [-0.15, -0.1) is 12.3 Å². The molecule has 0 aliphatic rings. The van der Waals surface area contributed by atoms with Crippen LogP contribution in [0.4, 0.5) is 0 Å². The van der Waals surface area contributed by atoms with Gasteiger partial charge in [-0.3, -0.25) is 14.6 Å². The predicted molar refractivity (Wildman–Crippen MR) is 62.7 cm³/mol. The van der Waals surface area contributed by atoms with Crippen LogP contribution in [0.2, 0.25) is 0 Å². The van der Waals surface area contributed by atoms with E-state index in [9.17, 15) is 14.4 Å². The second-order valence-corrected chi connectivity index (χ2v) is 3.47. The first-order valence-corrected chi connectivity index (χ1v) is 5.14. The lowest BCUT2D eigenvalue weighted by Crippen LogP contribution is -2.38. The number of carbonyl (C=O) groups is 1. The van der Waals surface area contributed by atoms with E-state index in [1.807, 2.05) is 11.9 Å². The molecule has 1 aromatic rings. The minimum atomic E-state index is -0.721. The molecular formula is C11H13N3O3. The van der Waals surface area contributed by atoms with Gasteiger partial charge in [0.25, 0.3) is 11.5 Å². The Labute approximate surface area is 97.5 Å². The second kappa shape index (κ2) is 5.70. The minimum absolute atomic E-state index is 0.139. The molecule has 1 unspecified atom stereocenters. The summed E-state index contributed by atoms with van der Waals surface area (Å²) in [4.78, 5) is 38.0. The highest BCUT2D eigenvalue weighted by atomic mass is 16.2. The average Bonchev–Trinajstić information content (AvgIpc) is 2.28. The third-order valence-electron chi connectivity index (χ3n) is 2.26. The topological polar surface area (TPSA) is 94.8 Å². The van der Waals surface area contributed by atoms with Gasteiger partial charge in [-0.05, 0) is 6.42 Å². The lowest BCUT2D eigenvalue weighted by atomic mass is 10.1. The first-order valence-electron chi connectivity index (χ1n) is 5.14. The smallest absolute Gasteiger partial charge is 0.325 e. The summed E-state index contributed by atoms with van der Waals surface area (Å²) < 4.78 is 0. The molecule has 0 aliphatic carbocycles. The van der Waals surface area contributed by atoms with Crippen molar-refractivity contribution in [3.05, 3.63) is 32.6 Å². The van der Waals surface area contributed by atoms with E-state index in [0.29, 0.717) is 12.8 Å². The van der Waals surface area contributed by atoms with Crippen molar-refractivity contribution >= 4 is 5.91 Å². The molecule has 0 aromatic carbocycles. The molecule has 0 fully saturated rings. The molecule has 6 heteroatoms. The highest BCUT2D eigenvalue weighted by Crippen LogP contribution is 1.97. The molecule has 1 heterocycles. The zero-order valence-corrected chi connectivity index (χ0v) is 9.37. The average molecular weight is 235 g/mol. The highest BCUT2D eigenvalue weighted by Gasteiger charge is 2.14. The van der Waals surface area contributed by atoms with Crippen molar-refractivity contribution in [2.24, 2.45) is 0 Å². The molecule has 3 N–H and O–H groups in total. The van der Waals surface area contributed by atoms with Gasteiger partial charge >= 0.3 is 5.69 Å². The predicted octanol–water partition coefficient (Wildman–Crippen LogP) is -0.405. The Kier molecular flexibility index (Phi) is 4.29. The van der Waals surface area contributed by atoms with Gasteiger partial charge in [0.2, 0.25) is 0 Å². The van der Waals surface area contributed by atoms with E-state index in [2.05, 4.69) is 16.2 Å². The summed E-state index contributed by atoms with van der Waals surface area (Å²) in [6.07, 6.45) is 7.29. The third kappa shape index (κ3) is 3.34. The Morgan fingerprint density at radius 3 is 2.82 bits per heavy atom. The fraction of sp³-hybridized carbons (Fsp3) is 0.364. The van der Waals surface area contributed by atoms with Gasteiger partial charge in [0, 0.05) is 18.7 Å². The Hall–Kier alpha value is -2.29. The van der Waals surface area contributed by atoms with Crippen LogP contribution in [-0.4, -0.2) is 21.9 Å². The minimum Gasteiger partial charge on any atom is -0.348 e. The Morgan fingerprint density at radius 2 is 2.29 bits per heavy atom. The number of hydrogen-bond acceptors (Lipinski definition) is 3. The summed E-state index contributed by atoms with van der Waals surface area (Å²) in [7, 11) is 0. The largest absolute Gasteiger partial charge is 0.348 e. The van der Waals surface area contributed by atoms with Crippen LogP contribution < -0.4 is 16.6 Å². The van der Waals surface area contributed by atoms with Crippen LogP contribution in [0.5, 0.6) is 0 Å². The number of H-pyrrole nitrogens is 2. The summed E-state index contributed by atoms with van der Waals surface area (Å²) in [5.74, 6) is 1.89. The molecule has 0 bridgehead atoms.